The van der Waals surface area contributed by atoms with Gasteiger partial charge in [0.2, 0.25) is 5.91 Å². The van der Waals surface area contributed by atoms with Crippen LogP contribution in [-0.2, 0) is 4.79 Å². The number of aromatic nitrogens is 5. The summed E-state index contributed by atoms with van der Waals surface area (Å²) < 4.78 is 3.70. The zero-order valence-corrected chi connectivity index (χ0v) is 18.8. The molecule has 2 aromatic carbocycles. The van der Waals surface area contributed by atoms with Crippen LogP contribution in [0.25, 0.3) is 22.4 Å². The Kier molecular flexibility index (Phi) is 5.14. The molecule has 0 aliphatic heterocycles. The van der Waals surface area contributed by atoms with Crippen molar-refractivity contribution in [1.29, 1.82) is 0 Å². The van der Waals surface area contributed by atoms with Gasteiger partial charge in [0.05, 0.1) is 11.4 Å². The highest BCUT2D eigenvalue weighted by Gasteiger charge is 2.15. The summed E-state index contributed by atoms with van der Waals surface area (Å²) in [4.78, 5) is 12.5. The summed E-state index contributed by atoms with van der Waals surface area (Å²) in [6.07, 6.45) is 3.75. The number of anilines is 1. The van der Waals surface area contributed by atoms with Crippen molar-refractivity contribution in [2.45, 2.75) is 25.9 Å². The van der Waals surface area contributed by atoms with E-state index >= 15 is 0 Å². The van der Waals surface area contributed by atoms with Gasteiger partial charge in [-0.1, -0.05) is 59.8 Å². The van der Waals surface area contributed by atoms with Gasteiger partial charge in [-0.05, 0) is 38.0 Å². The molecular formula is C24H22N6OS. The molecule has 0 aliphatic rings. The summed E-state index contributed by atoms with van der Waals surface area (Å²) >= 11 is 1.36. The van der Waals surface area contributed by atoms with Gasteiger partial charge in [-0.3, -0.25) is 9.20 Å². The van der Waals surface area contributed by atoms with E-state index in [0.717, 1.165) is 33.6 Å². The van der Waals surface area contributed by atoms with E-state index in [1.165, 1.54) is 17.3 Å². The maximum Gasteiger partial charge on any atom is 0.234 e. The number of hydrogen-bond acceptors (Lipinski definition) is 5. The maximum atomic E-state index is 12.5. The van der Waals surface area contributed by atoms with Crippen LogP contribution in [-0.4, -0.2) is 35.9 Å². The molecule has 0 aliphatic carbocycles. The predicted molar refractivity (Wildman–Crippen MR) is 127 cm³/mol. The molecule has 7 nitrogen and oxygen atoms in total. The fourth-order valence-corrected chi connectivity index (χ4v) is 4.39. The molecule has 0 fully saturated rings. The van der Waals surface area contributed by atoms with E-state index < -0.39 is 0 Å². The van der Waals surface area contributed by atoms with Crippen LogP contribution in [0.1, 0.15) is 16.7 Å². The highest BCUT2D eigenvalue weighted by atomic mass is 32.2. The molecule has 0 bridgehead atoms. The molecule has 0 spiro atoms. The summed E-state index contributed by atoms with van der Waals surface area (Å²) in [6, 6.07) is 16.2. The number of fused-ring (bicyclic) bond motifs is 3. The van der Waals surface area contributed by atoms with Crippen molar-refractivity contribution in [3.05, 3.63) is 77.6 Å². The van der Waals surface area contributed by atoms with Gasteiger partial charge in [0.15, 0.2) is 10.8 Å². The largest absolute Gasteiger partial charge is 0.325 e. The predicted octanol–water partition coefficient (Wildman–Crippen LogP) is 4.70. The van der Waals surface area contributed by atoms with Crippen LogP contribution < -0.4 is 5.32 Å². The van der Waals surface area contributed by atoms with Gasteiger partial charge in [-0.2, -0.15) is 5.10 Å². The van der Waals surface area contributed by atoms with E-state index in [-0.39, 0.29) is 11.7 Å². The first-order chi connectivity index (χ1) is 15.5. The molecule has 3 heterocycles. The average Bonchev–Trinajstić information content (AvgIpc) is 3.39. The molecule has 1 N–H and O–H groups in total. The van der Waals surface area contributed by atoms with Crippen molar-refractivity contribution in [2.75, 3.05) is 11.1 Å². The molecule has 0 saturated carbocycles. The molecule has 3 aromatic heterocycles. The van der Waals surface area contributed by atoms with Crippen LogP contribution >= 0.6 is 11.8 Å². The number of para-hydroxylation sites is 1. The number of aryl methyl sites for hydroxylation is 3. The summed E-state index contributed by atoms with van der Waals surface area (Å²) in [6.45, 7) is 6.04. The number of amides is 1. The lowest BCUT2D eigenvalue weighted by Crippen LogP contribution is -2.16. The van der Waals surface area contributed by atoms with Crippen LogP contribution in [0.3, 0.4) is 0 Å². The highest BCUT2D eigenvalue weighted by Crippen LogP contribution is 2.25. The lowest BCUT2D eigenvalue weighted by atomic mass is 10.1. The van der Waals surface area contributed by atoms with Crippen molar-refractivity contribution in [3.8, 4) is 11.3 Å². The Morgan fingerprint density at radius 3 is 2.50 bits per heavy atom. The van der Waals surface area contributed by atoms with E-state index in [0.29, 0.717) is 10.8 Å². The van der Waals surface area contributed by atoms with E-state index in [2.05, 4.69) is 51.8 Å². The number of carbonyl (C=O) groups is 1. The SMILES string of the molecule is Cc1ccc(-c2cc3c4nnc(SCC(=O)Nc5c(C)cccc5C)n4ccn3n2)cc1. The first kappa shape index (κ1) is 20.3. The van der Waals surface area contributed by atoms with Gasteiger partial charge in [-0.25, -0.2) is 4.52 Å². The fraction of sp³-hybridized carbons (Fsp3) is 0.167. The summed E-state index contributed by atoms with van der Waals surface area (Å²) in [7, 11) is 0. The minimum Gasteiger partial charge on any atom is -0.325 e. The lowest BCUT2D eigenvalue weighted by molar-refractivity contribution is -0.113. The molecule has 0 unspecified atom stereocenters. The van der Waals surface area contributed by atoms with Crippen molar-refractivity contribution in [1.82, 2.24) is 24.2 Å². The van der Waals surface area contributed by atoms with E-state index in [1.807, 2.05) is 54.9 Å². The maximum absolute atomic E-state index is 12.5. The van der Waals surface area contributed by atoms with Crippen molar-refractivity contribution < 1.29 is 4.79 Å². The van der Waals surface area contributed by atoms with Crippen LogP contribution in [0.5, 0.6) is 0 Å². The van der Waals surface area contributed by atoms with Gasteiger partial charge < -0.3 is 5.32 Å². The zero-order chi connectivity index (χ0) is 22.2. The first-order valence-corrected chi connectivity index (χ1v) is 11.3. The third-order valence-corrected chi connectivity index (χ3v) is 6.35. The summed E-state index contributed by atoms with van der Waals surface area (Å²) in [5, 5.41) is 17.0. The molecule has 1 amide bonds. The number of nitrogens with one attached hydrogen (secondary N) is 1. The third-order valence-electron chi connectivity index (χ3n) is 5.41. The Bertz CT molecular complexity index is 1430. The van der Waals surface area contributed by atoms with Crippen molar-refractivity contribution in [2.24, 2.45) is 0 Å². The lowest BCUT2D eigenvalue weighted by Gasteiger charge is -2.10. The second kappa shape index (κ2) is 8.12. The Morgan fingerprint density at radius 1 is 1.00 bits per heavy atom. The normalized spacial score (nSPS) is 11.3. The third kappa shape index (κ3) is 3.73. The molecule has 5 aromatic rings. The van der Waals surface area contributed by atoms with Gasteiger partial charge >= 0.3 is 0 Å². The quantitative estimate of drug-likeness (QED) is 0.399. The smallest absolute Gasteiger partial charge is 0.234 e. The zero-order valence-electron chi connectivity index (χ0n) is 18.0. The van der Waals surface area contributed by atoms with E-state index in [4.69, 9.17) is 0 Å². The number of benzene rings is 2. The summed E-state index contributed by atoms with van der Waals surface area (Å²) in [5.41, 5.74) is 7.67. The molecule has 0 saturated heterocycles. The second-order valence-electron chi connectivity index (χ2n) is 7.80. The first-order valence-electron chi connectivity index (χ1n) is 10.3. The number of carbonyl (C=O) groups excluding carboxylic acids is 1. The molecule has 5 rings (SSSR count). The average molecular weight is 443 g/mol. The summed E-state index contributed by atoms with van der Waals surface area (Å²) in [5.74, 6) is 0.171. The van der Waals surface area contributed by atoms with Crippen LogP contribution in [0, 0.1) is 20.8 Å². The topological polar surface area (TPSA) is 76.6 Å². The van der Waals surface area contributed by atoms with Gasteiger partial charge in [0.25, 0.3) is 0 Å². The Hall–Kier alpha value is -3.65. The van der Waals surface area contributed by atoms with Gasteiger partial charge in [-0.15, -0.1) is 10.2 Å². The minimum absolute atomic E-state index is 0.0729. The van der Waals surface area contributed by atoms with Crippen LogP contribution in [0.15, 0.2) is 66.1 Å². The number of rotatable bonds is 5. The van der Waals surface area contributed by atoms with Crippen LogP contribution in [0.2, 0.25) is 0 Å². The number of hydrogen-bond donors (Lipinski definition) is 1. The molecule has 8 heteroatoms. The number of nitrogens with zero attached hydrogens (tertiary/aromatic N) is 5. The van der Waals surface area contributed by atoms with E-state index in [1.54, 1.807) is 4.52 Å². The second-order valence-corrected chi connectivity index (χ2v) is 8.75. The fourth-order valence-electron chi connectivity index (χ4n) is 3.67. The minimum atomic E-state index is -0.0729. The molecule has 160 valence electrons. The van der Waals surface area contributed by atoms with Crippen molar-refractivity contribution >= 4 is 34.5 Å². The number of thioether (sulfide) groups is 1. The standard InChI is InChI=1S/C24H22N6OS/c1-15-7-9-18(10-8-15)19-13-20-23-26-27-24(29(23)11-12-30(20)28-19)32-14-21(31)25-22-16(2)5-4-6-17(22)3/h4-13H,14H2,1-3H3,(H,25,31). The van der Waals surface area contributed by atoms with E-state index in [9.17, 15) is 4.79 Å². The molecule has 0 atom stereocenters. The monoisotopic (exact) mass is 442 g/mol. The molecular weight excluding hydrogens is 420 g/mol. The molecule has 0 radical (unpaired) electrons. The van der Waals surface area contributed by atoms with Crippen LogP contribution in [0.4, 0.5) is 5.69 Å². The Labute approximate surface area is 189 Å². The van der Waals surface area contributed by atoms with Gasteiger partial charge in [0.1, 0.15) is 5.52 Å². The molecule has 32 heavy (non-hydrogen) atoms. The Balaban J connectivity index is 1.38. The highest BCUT2D eigenvalue weighted by molar-refractivity contribution is 7.99. The van der Waals surface area contributed by atoms with Gasteiger partial charge in [0, 0.05) is 23.6 Å². The van der Waals surface area contributed by atoms with Crippen molar-refractivity contribution in [3.63, 3.8) is 0 Å². The Morgan fingerprint density at radius 2 is 1.75 bits per heavy atom.